The van der Waals surface area contributed by atoms with Crippen molar-refractivity contribution in [2.75, 3.05) is 32.7 Å². The second kappa shape index (κ2) is 10.4. The zero-order chi connectivity index (χ0) is 24.5. The number of nitrogens with zero attached hydrogens (tertiary/aromatic N) is 4. The van der Waals surface area contributed by atoms with Crippen LogP contribution in [0.1, 0.15) is 31.2 Å². The van der Waals surface area contributed by atoms with Gasteiger partial charge in [-0.3, -0.25) is 9.59 Å². The van der Waals surface area contributed by atoms with Crippen LogP contribution in [-0.4, -0.2) is 72.5 Å². The van der Waals surface area contributed by atoms with Crippen molar-refractivity contribution >= 4 is 45.2 Å². The molecule has 0 aromatic heterocycles. The summed E-state index contributed by atoms with van der Waals surface area (Å²) in [4.78, 5) is 27.8. The number of likely N-dealkylation sites (tertiary alicyclic amines) is 1. The molecule has 3 aliphatic heterocycles. The molecule has 0 radical (unpaired) electrons. The largest absolute Gasteiger partial charge is 0.350 e. The van der Waals surface area contributed by atoms with Crippen molar-refractivity contribution in [3.63, 3.8) is 0 Å². The molecule has 1 aromatic rings. The minimum Gasteiger partial charge on any atom is -0.350 e. The lowest BCUT2D eigenvalue weighted by Gasteiger charge is -2.41. The molecule has 9 nitrogen and oxygen atoms in total. The second-order valence-electron chi connectivity index (χ2n) is 8.99. The van der Waals surface area contributed by atoms with E-state index in [2.05, 4.69) is 11.4 Å². The topological polar surface area (TPSA) is 114 Å². The minimum absolute atomic E-state index is 0.0973. The fourth-order valence-corrected chi connectivity index (χ4v) is 6.99. The van der Waals surface area contributed by atoms with Gasteiger partial charge in [0.15, 0.2) is 0 Å². The molecule has 4 rings (SSSR count). The maximum atomic E-state index is 13.3. The van der Waals surface area contributed by atoms with Crippen LogP contribution in [0.5, 0.6) is 0 Å². The van der Waals surface area contributed by atoms with E-state index in [1.165, 1.54) is 8.61 Å². The Morgan fingerprint density at radius 2 is 1.82 bits per heavy atom. The zero-order valence-corrected chi connectivity index (χ0v) is 20.9. The Kier molecular flexibility index (Phi) is 7.69. The quantitative estimate of drug-likeness (QED) is 0.607. The summed E-state index contributed by atoms with van der Waals surface area (Å²) in [5.41, 5.74) is 0.730. The van der Waals surface area contributed by atoms with Gasteiger partial charge in [-0.1, -0.05) is 29.3 Å². The standard InChI is InChI=1S/C22H27Cl2N5O4S/c23-18-6-5-16(19(24)9-18)11-26-21(30)20-4-2-8-29(20)22(31)17-3-1-7-27(14-17)34(32,33)28-12-15(10-25)13-28/h5-6,9,15,17,20H,1-4,7-8,11-14H2,(H,26,30)/t17-,20+/m0/s1. The fraction of sp³-hybridized carbons (Fsp3) is 0.591. The molecular formula is C22H27Cl2N5O4S. The van der Waals surface area contributed by atoms with Gasteiger partial charge in [0.2, 0.25) is 11.8 Å². The molecule has 1 N–H and O–H groups in total. The third-order valence-electron chi connectivity index (χ3n) is 6.72. The van der Waals surface area contributed by atoms with Gasteiger partial charge in [-0.05, 0) is 43.4 Å². The number of hydrogen-bond donors (Lipinski definition) is 1. The maximum Gasteiger partial charge on any atom is 0.282 e. The van der Waals surface area contributed by atoms with Gasteiger partial charge in [0.05, 0.1) is 17.9 Å². The molecule has 12 heteroatoms. The Morgan fingerprint density at radius 3 is 2.53 bits per heavy atom. The number of benzene rings is 1. The first kappa shape index (κ1) is 25.2. The van der Waals surface area contributed by atoms with Crippen LogP contribution in [-0.2, 0) is 26.3 Å². The molecular weight excluding hydrogens is 501 g/mol. The zero-order valence-electron chi connectivity index (χ0n) is 18.6. The van der Waals surface area contributed by atoms with Crippen LogP contribution < -0.4 is 5.32 Å². The van der Waals surface area contributed by atoms with Crippen LogP contribution >= 0.6 is 23.2 Å². The van der Waals surface area contributed by atoms with Gasteiger partial charge in [-0.2, -0.15) is 22.3 Å². The Hall–Kier alpha value is -1.90. The number of carbonyl (C=O) groups is 2. The van der Waals surface area contributed by atoms with Crippen LogP contribution in [0.2, 0.25) is 10.0 Å². The predicted octanol–water partition coefficient (Wildman–Crippen LogP) is 2.01. The molecule has 2 atom stereocenters. The molecule has 0 saturated carbocycles. The summed E-state index contributed by atoms with van der Waals surface area (Å²) in [6, 6.07) is 6.55. The van der Waals surface area contributed by atoms with E-state index >= 15 is 0 Å². The predicted molar refractivity (Wildman–Crippen MR) is 127 cm³/mol. The van der Waals surface area contributed by atoms with E-state index in [0.29, 0.717) is 48.8 Å². The fourth-order valence-electron chi connectivity index (χ4n) is 4.73. The lowest BCUT2D eigenvalue weighted by atomic mass is 9.97. The normalized spacial score (nSPS) is 24.4. The first-order valence-electron chi connectivity index (χ1n) is 11.4. The Morgan fingerprint density at radius 1 is 1.09 bits per heavy atom. The van der Waals surface area contributed by atoms with E-state index < -0.39 is 22.2 Å². The summed E-state index contributed by atoms with van der Waals surface area (Å²) in [7, 11) is -3.69. The van der Waals surface area contributed by atoms with Crippen molar-refractivity contribution in [1.29, 1.82) is 5.26 Å². The van der Waals surface area contributed by atoms with Crippen molar-refractivity contribution < 1.29 is 18.0 Å². The van der Waals surface area contributed by atoms with Crippen molar-refractivity contribution in [1.82, 2.24) is 18.8 Å². The van der Waals surface area contributed by atoms with Crippen molar-refractivity contribution in [2.24, 2.45) is 11.8 Å². The summed E-state index contributed by atoms with van der Waals surface area (Å²) < 4.78 is 28.4. The highest BCUT2D eigenvalue weighted by molar-refractivity contribution is 7.86. The third kappa shape index (κ3) is 5.19. The molecule has 3 fully saturated rings. The van der Waals surface area contributed by atoms with E-state index in [4.69, 9.17) is 28.5 Å². The average Bonchev–Trinajstić information content (AvgIpc) is 3.27. The van der Waals surface area contributed by atoms with Gasteiger partial charge < -0.3 is 10.2 Å². The molecule has 3 saturated heterocycles. The van der Waals surface area contributed by atoms with Crippen molar-refractivity contribution in [3.8, 4) is 6.07 Å². The van der Waals surface area contributed by atoms with Gasteiger partial charge >= 0.3 is 0 Å². The van der Waals surface area contributed by atoms with E-state index in [9.17, 15) is 18.0 Å². The molecule has 3 heterocycles. The minimum atomic E-state index is -3.69. The van der Waals surface area contributed by atoms with Crippen LogP contribution in [0.25, 0.3) is 0 Å². The van der Waals surface area contributed by atoms with E-state index in [1.54, 1.807) is 23.1 Å². The first-order valence-corrected chi connectivity index (χ1v) is 13.5. The number of amides is 2. The number of rotatable bonds is 6. The van der Waals surface area contributed by atoms with Gasteiger partial charge in [-0.25, -0.2) is 0 Å². The molecule has 3 aliphatic rings. The monoisotopic (exact) mass is 527 g/mol. The van der Waals surface area contributed by atoms with Crippen molar-refractivity contribution in [3.05, 3.63) is 33.8 Å². The Labute approximate surface area is 209 Å². The SMILES string of the molecule is N#CC1CN(S(=O)(=O)N2CCC[C@H](C(=O)N3CCC[C@@H]3C(=O)NCc3ccc(Cl)cc3Cl)C2)C1. The Bertz CT molecular complexity index is 1100. The number of piperidine rings is 1. The van der Waals surface area contributed by atoms with Gasteiger partial charge in [0, 0.05) is 49.3 Å². The maximum absolute atomic E-state index is 13.3. The highest BCUT2D eigenvalue weighted by Gasteiger charge is 2.44. The van der Waals surface area contributed by atoms with E-state index in [0.717, 1.165) is 5.56 Å². The van der Waals surface area contributed by atoms with E-state index in [-0.39, 0.29) is 43.9 Å². The highest BCUT2D eigenvalue weighted by atomic mass is 35.5. The molecule has 184 valence electrons. The summed E-state index contributed by atoms with van der Waals surface area (Å²) in [5, 5.41) is 12.8. The number of nitriles is 1. The number of carbonyl (C=O) groups excluding carboxylic acids is 2. The molecule has 0 spiro atoms. The molecule has 1 aromatic carbocycles. The summed E-state index contributed by atoms with van der Waals surface area (Å²) in [6.07, 6.45) is 2.43. The van der Waals surface area contributed by atoms with Crippen LogP contribution in [0.4, 0.5) is 0 Å². The summed E-state index contributed by atoms with van der Waals surface area (Å²) in [5.74, 6) is -1.19. The molecule has 34 heavy (non-hydrogen) atoms. The van der Waals surface area contributed by atoms with Crippen LogP contribution in [0, 0.1) is 23.2 Å². The lowest BCUT2D eigenvalue weighted by Crippen LogP contribution is -2.57. The summed E-state index contributed by atoms with van der Waals surface area (Å²) in [6.45, 7) is 1.53. The van der Waals surface area contributed by atoms with Gasteiger partial charge in [0.25, 0.3) is 10.2 Å². The van der Waals surface area contributed by atoms with Crippen LogP contribution in [0.15, 0.2) is 18.2 Å². The molecule has 2 amide bonds. The van der Waals surface area contributed by atoms with E-state index in [1.807, 2.05) is 0 Å². The first-order chi connectivity index (χ1) is 16.2. The summed E-state index contributed by atoms with van der Waals surface area (Å²) >= 11 is 12.1. The smallest absolute Gasteiger partial charge is 0.282 e. The average molecular weight is 528 g/mol. The number of halogens is 2. The number of nitrogens with one attached hydrogen (secondary N) is 1. The third-order valence-corrected chi connectivity index (χ3v) is 9.25. The van der Waals surface area contributed by atoms with Gasteiger partial charge in [-0.15, -0.1) is 0 Å². The second-order valence-corrected chi connectivity index (χ2v) is 11.8. The Balaban J connectivity index is 1.36. The molecule has 0 unspecified atom stereocenters. The molecule has 0 bridgehead atoms. The van der Waals surface area contributed by atoms with Gasteiger partial charge in [0.1, 0.15) is 6.04 Å². The lowest BCUT2D eigenvalue weighted by molar-refractivity contribution is -0.142. The highest BCUT2D eigenvalue weighted by Crippen LogP contribution is 2.29. The number of hydrogen-bond acceptors (Lipinski definition) is 5. The van der Waals surface area contributed by atoms with Crippen molar-refractivity contribution in [2.45, 2.75) is 38.3 Å². The molecule has 0 aliphatic carbocycles. The van der Waals surface area contributed by atoms with Crippen LogP contribution in [0.3, 0.4) is 0 Å².